The second-order valence-electron chi connectivity index (χ2n) is 7.91. The van der Waals surface area contributed by atoms with Gasteiger partial charge in [-0.05, 0) is 43.5 Å². The number of anilines is 1. The third-order valence-electron chi connectivity index (χ3n) is 6.17. The molecule has 1 aliphatic heterocycles. The topological polar surface area (TPSA) is 58.6 Å². The molecular weight excluding hydrogens is 404 g/mol. The number of rotatable bonds is 7. The van der Waals surface area contributed by atoms with Crippen molar-refractivity contribution in [2.24, 2.45) is 4.99 Å². The van der Waals surface area contributed by atoms with E-state index in [0.717, 1.165) is 50.7 Å². The maximum absolute atomic E-state index is 5.60. The van der Waals surface area contributed by atoms with Crippen LogP contribution in [-0.4, -0.2) is 72.0 Å². The molecule has 0 radical (unpaired) electrons. The van der Waals surface area contributed by atoms with Crippen LogP contribution in [0.2, 0.25) is 0 Å². The Hall–Kier alpha value is -3.09. The van der Waals surface area contributed by atoms with E-state index in [-0.39, 0.29) is 0 Å². The zero-order valence-corrected chi connectivity index (χ0v) is 20.2. The highest BCUT2D eigenvalue weighted by molar-refractivity contribution is 5.80. The fraction of sp³-hybridized carbons (Fsp3) is 0.480. The standard InChI is InChI=1S/C25H36N4O3/c1-18-8-7-9-21(19(18)2)28-14-16-29(17-15-28)25(26-3)27-13-12-20-10-11-22(30-4)24(32-6)23(20)31-5/h7-11H,12-17H2,1-6H3,(H,26,27). The Balaban J connectivity index is 1.58. The van der Waals surface area contributed by atoms with Crippen LogP contribution in [0, 0.1) is 13.8 Å². The minimum atomic E-state index is 0.624. The molecule has 174 valence electrons. The van der Waals surface area contributed by atoms with Gasteiger partial charge in [0.2, 0.25) is 5.75 Å². The molecule has 1 N–H and O–H groups in total. The van der Waals surface area contributed by atoms with Gasteiger partial charge in [0.15, 0.2) is 17.5 Å². The van der Waals surface area contributed by atoms with E-state index < -0.39 is 0 Å². The predicted molar refractivity (Wildman–Crippen MR) is 131 cm³/mol. The quantitative estimate of drug-likeness (QED) is 0.527. The summed E-state index contributed by atoms with van der Waals surface area (Å²) in [6, 6.07) is 10.5. The van der Waals surface area contributed by atoms with Crippen molar-refractivity contribution in [1.29, 1.82) is 0 Å². The number of nitrogens with zero attached hydrogens (tertiary/aromatic N) is 3. The Morgan fingerprint density at radius 1 is 0.938 bits per heavy atom. The van der Waals surface area contributed by atoms with Crippen molar-refractivity contribution in [3.63, 3.8) is 0 Å². The van der Waals surface area contributed by atoms with Crippen LogP contribution in [0.5, 0.6) is 17.2 Å². The van der Waals surface area contributed by atoms with Crippen molar-refractivity contribution in [2.45, 2.75) is 20.3 Å². The van der Waals surface area contributed by atoms with Gasteiger partial charge in [0.1, 0.15) is 0 Å². The summed E-state index contributed by atoms with van der Waals surface area (Å²) in [6.45, 7) is 8.96. The third kappa shape index (κ3) is 5.03. The number of hydrogen-bond donors (Lipinski definition) is 1. The molecule has 0 aromatic heterocycles. The van der Waals surface area contributed by atoms with Gasteiger partial charge in [-0.2, -0.15) is 0 Å². The average molecular weight is 441 g/mol. The molecule has 0 saturated carbocycles. The van der Waals surface area contributed by atoms with Crippen LogP contribution in [0.3, 0.4) is 0 Å². The van der Waals surface area contributed by atoms with E-state index in [2.05, 4.69) is 52.2 Å². The van der Waals surface area contributed by atoms with Crippen molar-refractivity contribution in [3.05, 3.63) is 47.0 Å². The number of aryl methyl sites for hydroxylation is 1. The minimum Gasteiger partial charge on any atom is -0.493 e. The van der Waals surface area contributed by atoms with E-state index in [9.17, 15) is 0 Å². The molecule has 0 amide bonds. The molecule has 3 rings (SSSR count). The molecule has 0 atom stereocenters. The summed E-state index contributed by atoms with van der Waals surface area (Å²) in [5, 5.41) is 3.51. The van der Waals surface area contributed by atoms with E-state index in [1.165, 1.54) is 16.8 Å². The number of aliphatic imine (C=N–C) groups is 1. The summed E-state index contributed by atoms with van der Waals surface area (Å²) in [5.74, 6) is 2.94. The summed E-state index contributed by atoms with van der Waals surface area (Å²) < 4.78 is 16.5. The van der Waals surface area contributed by atoms with Gasteiger partial charge < -0.3 is 29.3 Å². The van der Waals surface area contributed by atoms with Gasteiger partial charge in [0.05, 0.1) is 21.3 Å². The first-order valence-corrected chi connectivity index (χ1v) is 11.1. The molecule has 1 fully saturated rings. The fourth-order valence-electron chi connectivity index (χ4n) is 4.24. The predicted octanol–water partition coefficient (Wildman–Crippen LogP) is 3.27. The maximum Gasteiger partial charge on any atom is 0.203 e. The van der Waals surface area contributed by atoms with Gasteiger partial charge in [-0.3, -0.25) is 4.99 Å². The first-order valence-electron chi connectivity index (χ1n) is 11.1. The zero-order chi connectivity index (χ0) is 23.1. The number of methoxy groups -OCH3 is 3. The molecule has 0 unspecified atom stereocenters. The Labute approximate surface area is 192 Å². The van der Waals surface area contributed by atoms with Gasteiger partial charge in [0, 0.05) is 51.0 Å². The van der Waals surface area contributed by atoms with Crippen LogP contribution >= 0.6 is 0 Å². The number of ether oxygens (including phenoxy) is 3. The number of piperazine rings is 1. The van der Waals surface area contributed by atoms with Crippen LogP contribution in [-0.2, 0) is 6.42 Å². The summed E-state index contributed by atoms with van der Waals surface area (Å²) in [6.07, 6.45) is 0.783. The molecule has 0 spiro atoms. The Morgan fingerprint density at radius 3 is 2.28 bits per heavy atom. The normalized spacial score (nSPS) is 14.4. The van der Waals surface area contributed by atoms with Gasteiger partial charge in [-0.25, -0.2) is 0 Å². The largest absolute Gasteiger partial charge is 0.493 e. The minimum absolute atomic E-state index is 0.624. The van der Waals surface area contributed by atoms with Gasteiger partial charge in [0.25, 0.3) is 0 Å². The molecule has 1 heterocycles. The number of benzene rings is 2. The van der Waals surface area contributed by atoms with E-state index in [0.29, 0.717) is 17.2 Å². The molecule has 0 bridgehead atoms. The summed E-state index contributed by atoms with van der Waals surface area (Å²) in [4.78, 5) is 9.31. The summed E-state index contributed by atoms with van der Waals surface area (Å²) >= 11 is 0. The van der Waals surface area contributed by atoms with Crippen LogP contribution in [0.1, 0.15) is 16.7 Å². The van der Waals surface area contributed by atoms with Crippen LogP contribution < -0.4 is 24.4 Å². The molecule has 32 heavy (non-hydrogen) atoms. The first-order chi connectivity index (χ1) is 15.5. The molecule has 7 nitrogen and oxygen atoms in total. The highest BCUT2D eigenvalue weighted by Crippen LogP contribution is 2.39. The molecule has 7 heteroatoms. The lowest BCUT2D eigenvalue weighted by atomic mass is 10.1. The molecule has 2 aromatic carbocycles. The lowest BCUT2D eigenvalue weighted by molar-refractivity contribution is 0.322. The van der Waals surface area contributed by atoms with Gasteiger partial charge in [-0.1, -0.05) is 18.2 Å². The smallest absolute Gasteiger partial charge is 0.203 e. The van der Waals surface area contributed by atoms with Crippen LogP contribution in [0.4, 0.5) is 5.69 Å². The van der Waals surface area contributed by atoms with E-state index >= 15 is 0 Å². The summed E-state index contributed by atoms with van der Waals surface area (Å²) in [5.41, 5.74) is 5.11. The third-order valence-corrected chi connectivity index (χ3v) is 6.17. The Morgan fingerprint density at radius 2 is 1.66 bits per heavy atom. The molecule has 0 aliphatic carbocycles. The van der Waals surface area contributed by atoms with E-state index in [1.54, 1.807) is 21.3 Å². The second kappa shape index (κ2) is 11.0. The second-order valence-corrected chi connectivity index (χ2v) is 7.91. The van der Waals surface area contributed by atoms with Crippen molar-refractivity contribution in [3.8, 4) is 17.2 Å². The Bertz CT molecular complexity index is 937. The molecular formula is C25H36N4O3. The summed E-state index contributed by atoms with van der Waals surface area (Å²) in [7, 11) is 6.75. The molecule has 1 saturated heterocycles. The zero-order valence-electron chi connectivity index (χ0n) is 20.2. The number of hydrogen-bond acceptors (Lipinski definition) is 5. The fourth-order valence-corrected chi connectivity index (χ4v) is 4.24. The van der Waals surface area contributed by atoms with Crippen molar-refractivity contribution >= 4 is 11.6 Å². The van der Waals surface area contributed by atoms with Crippen LogP contribution in [0.25, 0.3) is 0 Å². The highest BCUT2D eigenvalue weighted by Gasteiger charge is 2.21. The Kier molecular flexibility index (Phi) is 8.09. The lowest BCUT2D eigenvalue weighted by Crippen LogP contribution is -2.53. The lowest BCUT2D eigenvalue weighted by Gasteiger charge is -2.38. The first kappa shape index (κ1) is 23.6. The number of nitrogens with one attached hydrogen (secondary N) is 1. The molecule has 1 aliphatic rings. The average Bonchev–Trinajstić information content (AvgIpc) is 2.83. The SMILES string of the molecule is CN=C(NCCc1ccc(OC)c(OC)c1OC)N1CCN(c2cccc(C)c2C)CC1. The van der Waals surface area contributed by atoms with E-state index in [1.807, 2.05) is 19.2 Å². The van der Waals surface area contributed by atoms with Crippen LogP contribution in [0.15, 0.2) is 35.3 Å². The van der Waals surface area contributed by atoms with E-state index in [4.69, 9.17) is 14.2 Å². The van der Waals surface area contributed by atoms with Crippen molar-refractivity contribution in [2.75, 3.05) is 66.0 Å². The van der Waals surface area contributed by atoms with Crippen molar-refractivity contribution < 1.29 is 14.2 Å². The highest BCUT2D eigenvalue weighted by atomic mass is 16.5. The van der Waals surface area contributed by atoms with Gasteiger partial charge >= 0.3 is 0 Å². The molecule has 2 aromatic rings. The monoisotopic (exact) mass is 440 g/mol. The van der Waals surface area contributed by atoms with Crippen molar-refractivity contribution in [1.82, 2.24) is 10.2 Å². The maximum atomic E-state index is 5.60. The number of guanidine groups is 1. The van der Waals surface area contributed by atoms with Gasteiger partial charge in [-0.15, -0.1) is 0 Å².